The van der Waals surface area contributed by atoms with Crippen LogP contribution in [0.1, 0.15) is 44.6 Å². The predicted molar refractivity (Wildman–Crippen MR) is 94.6 cm³/mol. The lowest BCUT2D eigenvalue weighted by Crippen LogP contribution is -2.34. The summed E-state index contributed by atoms with van der Waals surface area (Å²) in [6, 6.07) is 5.64. The highest BCUT2D eigenvalue weighted by Crippen LogP contribution is 2.30. The molecule has 0 saturated heterocycles. The summed E-state index contributed by atoms with van der Waals surface area (Å²) in [6.45, 7) is 3.22. The molecule has 0 amide bonds. The molecule has 1 aliphatic carbocycles. The summed E-state index contributed by atoms with van der Waals surface area (Å²) in [7, 11) is 0. The number of nitrogens with one attached hydrogen (secondary N) is 1. The van der Waals surface area contributed by atoms with Crippen molar-refractivity contribution < 1.29 is 4.39 Å². The first kappa shape index (κ1) is 17.3. The molecule has 0 aromatic heterocycles. The largest absolute Gasteiger partial charge is 0.313 e. The number of benzene rings is 1. The Labute approximate surface area is 140 Å². The van der Waals surface area contributed by atoms with Gasteiger partial charge in [-0.1, -0.05) is 35.7 Å². The van der Waals surface area contributed by atoms with Gasteiger partial charge >= 0.3 is 0 Å². The Balaban J connectivity index is 1.90. The Morgan fingerprint density at radius 3 is 2.76 bits per heavy atom. The second-order valence-corrected chi connectivity index (χ2v) is 8.12. The molecule has 0 radical (unpaired) electrons. The number of hydrogen-bond donors (Lipinski definition) is 1. The minimum atomic E-state index is -0.155. The average molecular weight is 374 g/mol. The maximum atomic E-state index is 13.5. The van der Waals surface area contributed by atoms with Crippen molar-refractivity contribution >= 4 is 27.7 Å². The van der Waals surface area contributed by atoms with Gasteiger partial charge < -0.3 is 5.32 Å². The van der Waals surface area contributed by atoms with Crippen LogP contribution < -0.4 is 5.32 Å². The number of thioether (sulfide) groups is 1. The van der Waals surface area contributed by atoms with Gasteiger partial charge in [0.1, 0.15) is 5.82 Å². The first-order valence-electron chi connectivity index (χ1n) is 7.97. The summed E-state index contributed by atoms with van der Waals surface area (Å²) in [5.74, 6) is 0.968. The van der Waals surface area contributed by atoms with Crippen molar-refractivity contribution in [3.63, 3.8) is 0 Å². The van der Waals surface area contributed by atoms with E-state index >= 15 is 0 Å². The van der Waals surface area contributed by atoms with E-state index in [4.69, 9.17) is 0 Å². The Morgan fingerprint density at radius 1 is 1.33 bits per heavy atom. The Bertz CT molecular complexity index is 415. The van der Waals surface area contributed by atoms with Crippen LogP contribution in [0, 0.1) is 5.82 Å². The molecule has 1 unspecified atom stereocenters. The third-order valence-electron chi connectivity index (χ3n) is 3.92. The number of halogens is 2. The average Bonchev–Trinajstić information content (AvgIpc) is 2.94. The summed E-state index contributed by atoms with van der Waals surface area (Å²) in [4.78, 5) is 0. The standard InChI is InChI=1S/C17H25BrFNS/c1-2-7-20-16(12-21-17-5-3-4-6-17)10-13-8-14(18)11-15(19)9-13/h8-9,11,16-17,20H,2-7,10,12H2,1H3. The summed E-state index contributed by atoms with van der Waals surface area (Å²) in [5, 5.41) is 4.46. The molecule has 0 bridgehead atoms. The summed E-state index contributed by atoms with van der Waals surface area (Å²) in [6.07, 6.45) is 7.56. The lowest BCUT2D eigenvalue weighted by atomic mass is 10.1. The maximum Gasteiger partial charge on any atom is 0.124 e. The highest BCUT2D eigenvalue weighted by molar-refractivity contribution is 9.10. The van der Waals surface area contributed by atoms with Crippen molar-refractivity contribution in [2.24, 2.45) is 0 Å². The van der Waals surface area contributed by atoms with Crippen LogP contribution in [-0.4, -0.2) is 23.6 Å². The van der Waals surface area contributed by atoms with E-state index in [9.17, 15) is 4.39 Å². The molecule has 0 aliphatic heterocycles. The van der Waals surface area contributed by atoms with Crippen LogP contribution in [0.4, 0.5) is 4.39 Å². The molecule has 4 heteroatoms. The topological polar surface area (TPSA) is 12.0 Å². The van der Waals surface area contributed by atoms with Crippen LogP contribution in [0.2, 0.25) is 0 Å². The second-order valence-electron chi connectivity index (χ2n) is 5.87. The van der Waals surface area contributed by atoms with E-state index in [-0.39, 0.29) is 5.82 Å². The van der Waals surface area contributed by atoms with Gasteiger partial charge in [0.15, 0.2) is 0 Å². The van der Waals surface area contributed by atoms with Gasteiger partial charge in [-0.3, -0.25) is 0 Å². The molecule has 1 N–H and O–H groups in total. The first-order valence-corrected chi connectivity index (χ1v) is 9.81. The molecular weight excluding hydrogens is 349 g/mol. The monoisotopic (exact) mass is 373 g/mol. The van der Waals surface area contributed by atoms with Crippen LogP contribution in [0.25, 0.3) is 0 Å². The van der Waals surface area contributed by atoms with Gasteiger partial charge in [-0.05, 0) is 56.0 Å². The molecule has 1 saturated carbocycles. The van der Waals surface area contributed by atoms with Crippen molar-refractivity contribution in [2.75, 3.05) is 12.3 Å². The molecule has 0 heterocycles. The summed E-state index contributed by atoms with van der Waals surface area (Å²) < 4.78 is 14.3. The third kappa shape index (κ3) is 6.29. The van der Waals surface area contributed by atoms with E-state index in [0.29, 0.717) is 6.04 Å². The minimum absolute atomic E-state index is 0.155. The lowest BCUT2D eigenvalue weighted by molar-refractivity contribution is 0.546. The Kier molecular flexibility index (Phi) is 7.55. The molecule has 1 aliphatic rings. The molecule has 1 nitrogen and oxygen atoms in total. The van der Waals surface area contributed by atoms with E-state index in [1.165, 1.54) is 31.7 Å². The maximum absolute atomic E-state index is 13.5. The fourth-order valence-electron chi connectivity index (χ4n) is 2.86. The number of hydrogen-bond acceptors (Lipinski definition) is 2. The van der Waals surface area contributed by atoms with Gasteiger partial charge in [-0.25, -0.2) is 4.39 Å². The Morgan fingerprint density at radius 2 is 2.10 bits per heavy atom. The van der Waals surface area contributed by atoms with Gasteiger partial charge in [0.2, 0.25) is 0 Å². The van der Waals surface area contributed by atoms with Gasteiger partial charge in [-0.2, -0.15) is 11.8 Å². The number of rotatable bonds is 8. The normalized spacial score (nSPS) is 17.3. The highest BCUT2D eigenvalue weighted by atomic mass is 79.9. The zero-order chi connectivity index (χ0) is 15.1. The summed E-state index contributed by atoms with van der Waals surface area (Å²) >= 11 is 5.49. The van der Waals surface area contributed by atoms with E-state index in [0.717, 1.165) is 40.4 Å². The van der Waals surface area contributed by atoms with Crippen molar-refractivity contribution in [2.45, 2.75) is 56.7 Å². The molecule has 118 valence electrons. The van der Waals surface area contributed by atoms with Crippen molar-refractivity contribution in [1.29, 1.82) is 0 Å². The van der Waals surface area contributed by atoms with Gasteiger partial charge in [-0.15, -0.1) is 0 Å². The molecule has 1 fully saturated rings. The second kappa shape index (κ2) is 9.16. The van der Waals surface area contributed by atoms with E-state index in [1.54, 1.807) is 6.07 Å². The van der Waals surface area contributed by atoms with Gasteiger partial charge in [0.05, 0.1) is 0 Å². The van der Waals surface area contributed by atoms with Crippen molar-refractivity contribution in [1.82, 2.24) is 5.32 Å². The van der Waals surface area contributed by atoms with Crippen molar-refractivity contribution in [3.8, 4) is 0 Å². The van der Waals surface area contributed by atoms with E-state index < -0.39 is 0 Å². The quantitative estimate of drug-likeness (QED) is 0.673. The zero-order valence-electron chi connectivity index (χ0n) is 12.7. The van der Waals surface area contributed by atoms with Crippen LogP contribution in [0.15, 0.2) is 22.7 Å². The molecular formula is C17H25BrFNS. The SMILES string of the molecule is CCCNC(CSC1CCCC1)Cc1cc(F)cc(Br)c1. The van der Waals surface area contributed by atoms with Gasteiger partial charge in [0.25, 0.3) is 0 Å². The van der Waals surface area contributed by atoms with Crippen LogP contribution >= 0.6 is 27.7 Å². The highest BCUT2D eigenvalue weighted by Gasteiger charge is 2.18. The zero-order valence-corrected chi connectivity index (χ0v) is 15.1. The van der Waals surface area contributed by atoms with Crippen LogP contribution in [0.5, 0.6) is 0 Å². The first-order chi connectivity index (χ1) is 10.2. The fourth-order valence-corrected chi connectivity index (χ4v) is 4.78. The van der Waals surface area contributed by atoms with E-state index in [2.05, 4.69) is 39.9 Å². The van der Waals surface area contributed by atoms with Crippen LogP contribution in [0.3, 0.4) is 0 Å². The third-order valence-corrected chi connectivity index (χ3v) is 5.92. The molecule has 1 atom stereocenters. The van der Waals surface area contributed by atoms with Crippen LogP contribution in [-0.2, 0) is 6.42 Å². The molecule has 1 aromatic rings. The molecule has 21 heavy (non-hydrogen) atoms. The molecule has 1 aromatic carbocycles. The van der Waals surface area contributed by atoms with E-state index in [1.807, 2.05) is 6.07 Å². The fraction of sp³-hybridized carbons (Fsp3) is 0.647. The predicted octanol–water partition coefficient (Wildman–Crippen LogP) is 5.17. The molecule has 0 spiro atoms. The Hall–Kier alpha value is -0.0600. The van der Waals surface area contributed by atoms with Gasteiger partial charge in [0, 0.05) is 21.5 Å². The lowest BCUT2D eigenvalue weighted by Gasteiger charge is -2.20. The minimum Gasteiger partial charge on any atom is -0.313 e. The summed E-state index contributed by atoms with van der Waals surface area (Å²) in [5.41, 5.74) is 1.07. The molecule has 2 rings (SSSR count). The van der Waals surface area contributed by atoms with Crippen molar-refractivity contribution in [3.05, 3.63) is 34.1 Å². The smallest absolute Gasteiger partial charge is 0.124 e.